The second-order valence-corrected chi connectivity index (χ2v) is 4.73. The van der Waals surface area contributed by atoms with E-state index in [0.717, 1.165) is 10.6 Å². The van der Waals surface area contributed by atoms with Crippen LogP contribution in [0, 0.1) is 0 Å². The Hall–Kier alpha value is -1.32. The first-order valence-corrected chi connectivity index (χ1v) is 6.02. The number of benzene rings is 1. The summed E-state index contributed by atoms with van der Waals surface area (Å²) in [5.74, 6) is 0. The molecule has 0 amide bonds. The Kier molecular flexibility index (Phi) is 3.59. The zero-order valence-electron chi connectivity index (χ0n) is 9.13. The molecule has 2 nitrogen and oxygen atoms in total. The molecule has 82 valence electrons. The van der Waals surface area contributed by atoms with Gasteiger partial charge in [0, 0.05) is 17.1 Å². The predicted molar refractivity (Wildman–Crippen MR) is 67.4 cm³/mol. The summed E-state index contributed by atoms with van der Waals surface area (Å²) < 4.78 is 0. The van der Waals surface area contributed by atoms with Crippen molar-refractivity contribution < 1.29 is 0 Å². The average Bonchev–Trinajstić information content (AvgIpc) is 2.31. The van der Waals surface area contributed by atoms with Crippen molar-refractivity contribution >= 4 is 11.8 Å². The molecule has 2 aromatic rings. The van der Waals surface area contributed by atoms with Gasteiger partial charge in [0.2, 0.25) is 0 Å². The number of hydrogen-bond acceptors (Lipinski definition) is 3. The molecule has 0 fully saturated rings. The van der Waals surface area contributed by atoms with Crippen LogP contribution in [-0.4, -0.2) is 4.98 Å². The van der Waals surface area contributed by atoms with Crippen LogP contribution in [0.15, 0.2) is 58.6 Å². The Bertz CT molecular complexity index is 437. The van der Waals surface area contributed by atoms with E-state index in [1.54, 1.807) is 11.8 Å². The Morgan fingerprint density at radius 1 is 1.12 bits per heavy atom. The highest BCUT2D eigenvalue weighted by Crippen LogP contribution is 2.25. The Balaban J connectivity index is 2.11. The summed E-state index contributed by atoms with van der Waals surface area (Å²) in [6, 6.07) is 14.3. The van der Waals surface area contributed by atoms with E-state index in [-0.39, 0.29) is 6.04 Å². The van der Waals surface area contributed by atoms with Crippen molar-refractivity contribution in [3.8, 4) is 0 Å². The molecule has 1 heterocycles. The topological polar surface area (TPSA) is 38.9 Å². The summed E-state index contributed by atoms with van der Waals surface area (Å²) >= 11 is 1.66. The van der Waals surface area contributed by atoms with Gasteiger partial charge in [-0.25, -0.2) is 4.98 Å². The van der Waals surface area contributed by atoms with Gasteiger partial charge in [-0.2, -0.15) is 0 Å². The van der Waals surface area contributed by atoms with Gasteiger partial charge >= 0.3 is 0 Å². The molecule has 0 radical (unpaired) electrons. The quantitative estimate of drug-likeness (QED) is 0.879. The molecule has 0 aliphatic rings. The first-order valence-electron chi connectivity index (χ1n) is 5.20. The molecule has 0 aliphatic carbocycles. The highest BCUT2D eigenvalue weighted by atomic mass is 32.2. The molecule has 1 aromatic heterocycles. The van der Waals surface area contributed by atoms with Crippen molar-refractivity contribution in [1.82, 2.24) is 4.98 Å². The van der Waals surface area contributed by atoms with Gasteiger partial charge in [0.15, 0.2) is 0 Å². The SMILES string of the molecule is C[C@@H](N)c1ccc(Sc2ccccc2)nc1. The molecular formula is C13H14N2S. The fourth-order valence-corrected chi connectivity index (χ4v) is 2.11. The van der Waals surface area contributed by atoms with Crippen LogP contribution in [0.3, 0.4) is 0 Å². The van der Waals surface area contributed by atoms with E-state index in [1.165, 1.54) is 4.90 Å². The molecule has 0 unspecified atom stereocenters. The van der Waals surface area contributed by atoms with Gasteiger partial charge in [0.25, 0.3) is 0 Å². The van der Waals surface area contributed by atoms with Crippen LogP contribution in [0.5, 0.6) is 0 Å². The maximum Gasteiger partial charge on any atom is 0.101 e. The van der Waals surface area contributed by atoms with Crippen LogP contribution in [0.25, 0.3) is 0 Å². The van der Waals surface area contributed by atoms with Gasteiger partial charge in [-0.1, -0.05) is 36.0 Å². The Morgan fingerprint density at radius 3 is 2.44 bits per heavy atom. The summed E-state index contributed by atoms with van der Waals surface area (Å²) in [5, 5.41) is 0.996. The molecule has 1 atom stereocenters. The zero-order valence-corrected chi connectivity index (χ0v) is 9.95. The molecular weight excluding hydrogens is 216 g/mol. The highest BCUT2D eigenvalue weighted by molar-refractivity contribution is 7.99. The second-order valence-electron chi connectivity index (χ2n) is 3.63. The Morgan fingerprint density at radius 2 is 1.88 bits per heavy atom. The smallest absolute Gasteiger partial charge is 0.101 e. The lowest BCUT2D eigenvalue weighted by molar-refractivity contribution is 0.806. The standard InChI is InChI=1S/C13H14N2S/c1-10(14)11-7-8-13(15-9-11)16-12-5-3-2-4-6-12/h2-10H,14H2,1H3/t10-/m1/s1. The maximum atomic E-state index is 5.77. The van der Waals surface area contributed by atoms with Crippen molar-refractivity contribution in [1.29, 1.82) is 0 Å². The van der Waals surface area contributed by atoms with Crippen LogP contribution < -0.4 is 5.73 Å². The van der Waals surface area contributed by atoms with Crippen molar-refractivity contribution in [2.75, 3.05) is 0 Å². The number of nitrogens with zero attached hydrogens (tertiary/aromatic N) is 1. The summed E-state index contributed by atoms with van der Waals surface area (Å²) in [6.45, 7) is 1.96. The van der Waals surface area contributed by atoms with E-state index >= 15 is 0 Å². The summed E-state index contributed by atoms with van der Waals surface area (Å²) in [5.41, 5.74) is 6.84. The zero-order chi connectivity index (χ0) is 11.4. The minimum atomic E-state index is 0.0447. The molecule has 2 N–H and O–H groups in total. The molecule has 2 rings (SSSR count). The predicted octanol–water partition coefficient (Wildman–Crippen LogP) is 3.25. The lowest BCUT2D eigenvalue weighted by atomic mass is 10.2. The molecule has 3 heteroatoms. The molecule has 1 aromatic carbocycles. The van der Waals surface area contributed by atoms with E-state index in [1.807, 2.05) is 43.5 Å². The number of hydrogen-bond donors (Lipinski definition) is 1. The monoisotopic (exact) mass is 230 g/mol. The fourth-order valence-electron chi connectivity index (χ4n) is 1.33. The van der Waals surface area contributed by atoms with Crippen molar-refractivity contribution in [3.05, 3.63) is 54.2 Å². The minimum absolute atomic E-state index is 0.0447. The van der Waals surface area contributed by atoms with Crippen molar-refractivity contribution in [2.45, 2.75) is 22.9 Å². The van der Waals surface area contributed by atoms with Crippen molar-refractivity contribution in [2.24, 2.45) is 5.73 Å². The van der Waals surface area contributed by atoms with E-state index in [4.69, 9.17) is 5.73 Å². The molecule has 0 saturated heterocycles. The normalized spacial score (nSPS) is 12.4. The lowest BCUT2D eigenvalue weighted by Gasteiger charge is -2.05. The molecule has 0 spiro atoms. The summed E-state index contributed by atoms with van der Waals surface area (Å²) in [7, 11) is 0. The van der Waals surface area contributed by atoms with Gasteiger partial charge in [-0.3, -0.25) is 0 Å². The summed E-state index contributed by atoms with van der Waals surface area (Å²) in [4.78, 5) is 5.58. The van der Waals surface area contributed by atoms with E-state index in [2.05, 4.69) is 17.1 Å². The third-order valence-corrected chi connectivity index (χ3v) is 3.21. The van der Waals surface area contributed by atoms with Crippen LogP contribution in [-0.2, 0) is 0 Å². The van der Waals surface area contributed by atoms with Gasteiger partial charge in [-0.15, -0.1) is 0 Å². The second kappa shape index (κ2) is 5.14. The third kappa shape index (κ3) is 2.84. The highest BCUT2D eigenvalue weighted by Gasteiger charge is 2.01. The number of nitrogens with two attached hydrogens (primary N) is 1. The first kappa shape index (κ1) is 11.2. The molecule has 0 aliphatic heterocycles. The van der Waals surface area contributed by atoms with Crippen LogP contribution in [0.1, 0.15) is 18.5 Å². The molecule has 16 heavy (non-hydrogen) atoms. The average molecular weight is 230 g/mol. The lowest BCUT2D eigenvalue weighted by Crippen LogP contribution is -2.04. The maximum absolute atomic E-state index is 5.77. The first-order chi connectivity index (χ1) is 7.75. The van der Waals surface area contributed by atoms with E-state index < -0.39 is 0 Å². The van der Waals surface area contributed by atoms with Gasteiger partial charge in [-0.05, 0) is 30.7 Å². The molecule has 0 saturated carbocycles. The third-order valence-electron chi connectivity index (χ3n) is 2.25. The van der Waals surface area contributed by atoms with Gasteiger partial charge < -0.3 is 5.73 Å². The largest absolute Gasteiger partial charge is 0.324 e. The number of pyridine rings is 1. The van der Waals surface area contributed by atoms with Crippen LogP contribution in [0.4, 0.5) is 0 Å². The Labute approximate surface area is 99.9 Å². The number of rotatable bonds is 3. The van der Waals surface area contributed by atoms with Gasteiger partial charge in [0.05, 0.1) is 0 Å². The summed E-state index contributed by atoms with van der Waals surface area (Å²) in [6.07, 6.45) is 1.84. The van der Waals surface area contributed by atoms with E-state index in [9.17, 15) is 0 Å². The molecule has 0 bridgehead atoms. The van der Waals surface area contributed by atoms with Crippen molar-refractivity contribution in [3.63, 3.8) is 0 Å². The van der Waals surface area contributed by atoms with E-state index in [0.29, 0.717) is 0 Å². The van der Waals surface area contributed by atoms with Crippen LogP contribution >= 0.6 is 11.8 Å². The van der Waals surface area contributed by atoms with Gasteiger partial charge in [0.1, 0.15) is 5.03 Å². The minimum Gasteiger partial charge on any atom is -0.324 e. The fraction of sp³-hybridized carbons (Fsp3) is 0.154. The number of aromatic nitrogens is 1. The van der Waals surface area contributed by atoms with Crippen LogP contribution in [0.2, 0.25) is 0 Å².